The van der Waals surface area contributed by atoms with E-state index in [-0.39, 0.29) is 12.5 Å². The van der Waals surface area contributed by atoms with Crippen molar-refractivity contribution >= 4 is 16.7 Å². The molecule has 0 aromatic heterocycles. The Bertz CT molecular complexity index is 894. The smallest absolute Gasteiger partial charge is 0.258 e. The third kappa shape index (κ3) is 5.38. The Hall–Kier alpha value is -3.21. The van der Waals surface area contributed by atoms with E-state index in [1.165, 1.54) is 5.39 Å². The van der Waals surface area contributed by atoms with Crippen LogP contribution in [0, 0.1) is 0 Å². The van der Waals surface area contributed by atoms with Gasteiger partial charge in [-0.3, -0.25) is 4.79 Å². The highest BCUT2D eigenvalue weighted by atomic mass is 16.5. The maximum Gasteiger partial charge on any atom is 0.258 e. The summed E-state index contributed by atoms with van der Waals surface area (Å²) in [6, 6.07) is 21.3. The number of carbonyl (C=O) groups is 1. The van der Waals surface area contributed by atoms with E-state index in [1.54, 1.807) is 6.07 Å². The number of ether oxygens (including phenoxy) is 3. The number of rotatable bonds is 9. The van der Waals surface area contributed by atoms with Crippen molar-refractivity contribution in [1.82, 2.24) is 5.32 Å². The van der Waals surface area contributed by atoms with E-state index in [2.05, 4.69) is 11.4 Å². The highest BCUT2D eigenvalue weighted by Crippen LogP contribution is 2.26. The Kier molecular flexibility index (Phi) is 6.52. The number of benzene rings is 3. The molecule has 5 nitrogen and oxygen atoms in total. The second kappa shape index (κ2) is 9.48. The molecule has 0 bridgehead atoms. The number of hydrogen-bond acceptors (Lipinski definition) is 4. The van der Waals surface area contributed by atoms with Crippen molar-refractivity contribution in [2.75, 3.05) is 26.4 Å². The minimum absolute atomic E-state index is 0.0694. The molecule has 3 aromatic carbocycles. The Morgan fingerprint density at radius 3 is 2.33 bits per heavy atom. The molecular formula is C22H23NO4. The predicted molar refractivity (Wildman–Crippen MR) is 106 cm³/mol. The van der Waals surface area contributed by atoms with Gasteiger partial charge >= 0.3 is 0 Å². The van der Waals surface area contributed by atoms with Gasteiger partial charge in [0.1, 0.15) is 12.4 Å². The molecule has 27 heavy (non-hydrogen) atoms. The Labute approximate surface area is 158 Å². The Morgan fingerprint density at radius 2 is 1.56 bits per heavy atom. The van der Waals surface area contributed by atoms with Crippen molar-refractivity contribution < 1.29 is 19.0 Å². The SMILES string of the molecule is CCOc1ccccc1OCC(=O)NCCOc1ccc2ccccc2c1. The van der Waals surface area contributed by atoms with Gasteiger partial charge in [-0.05, 0) is 42.0 Å². The molecule has 0 spiro atoms. The van der Waals surface area contributed by atoms with E-state index in [1.807, 2.05) is 61.5 Å². The van der Waals surface area contributed by atoms with Crippen LogP contribution in [0.15, 0.2) is 66.7 Å². The normalized spacial score (nSPS) is 10.4. The Morgan fingerprint density at radius 1 is 0.852 bits per heavy atom. The molecule has 0 saturated carbocycles. The quantitative estimate of drug-likeness (QED) is 0.586. The molecule has 0 aliphatic carbocycles. The summed E-state index contributed by atoms with van der Waals surface area (Å²) < 4.78 is 16.7. The molecule has 0 fully saturated rings. The number of hydrogen-bond donors (Lipinski definition) is 1. The zero-order valence-electron chi connectivity index (χ0n) is 15.3. The summed E-state index contributed by atoms with van der Waals surface area (Å²) in [7, 11) is 0. The van der Waals surface area contributed by atoms with Crippen LogP contribution in [0.2, 0.25) is 0 Å². The number of amides is 1. The van der Waals surface area contributed by atoms with Crippen LogP contribution >= 0.6 is 0 Å². The lowest BCUT2D eigenvalue weighted by atomic mass is 10.1. The third-order valence-electron chi connectivity index (χ3n) is 3.92. The minimum atomic E-state index is -0.205. The average Bonchev–Trinajstić information content (AvgIpc) is 2.70. The number of carbonyl (C=O) groups excluding carboxylic acids is 1. The van der Waals surface area contributed by atoms with E-state index in [4.69, 9.17) is 14.2 Å². The van der Waals surface area contributed by atoms with Gasteiger partial charge < -0.3 is 19.5 Å². The monoisotopic (exact) mass is 365 g/mol. The molecule has 0 atom stereocenters. The lowest BCUT2D eigenvalue weighted by molar-refractivity contribution is -0.123. The maximum absolute atomic E-state index is 11.9. The minimum Gasteiger partial charge on any atom is -0.492 e. The molecule has 140 valence electrons. The predicted octanol–water partition coefficient (Wildman–Crippen LogP) is 3.81. The highest BCUT2D eigenvalue weighted by molar-refractivity contribution is 5.83. The van der Waals surface area contributed by atoms with Crippen LogP contribution < -0.4 is 19.5 Å². The second-order valence-electron chi connectivity index (χ2n) is 5.88. The van der Waals surface area contributed by atoms with Crippen molar-refractivity contribution in [3.63, 3.8) is 0 Å². The molecule has 0 unspecified atom stereocenters. The van der Waals surface area contributed by atoms with Gasteiger partial charge in [-0.15, -0.1) is 0 Å². The number of para-hydroxylation sites is 2. The summed E-state index contributed by atoms with van der Waals surface area (Å²) in [5.41, 5.74) is 0. The fourth-order valence-electron chi connectivity index (χ4n) is 2.66. The molecule has 1 amide bonds. The lowest BCUT2D eigenvalue weighted by Gasteiger charge is -2.12. The standard InChI is InChI=1S/C22H23NO4/c1-2-25-20-9-5-6-10-21(20)27-16-22(24)23-13-14-26-19-12-11-17-7-3-4-8-18(17)15-19/h3-12,15H,2,13-14,16H2,1H3,(H,23,24). The van der Waals surface area contributed by atoms with Crippen molar-refractivity contribution in [2.45, 2.75) is 6.92 Å². The molecule has 5 heteroatoms. The lowest BCUT2D eigenvalue weighted by Crippen LogP contribution is -2.32. The molecule has 3 rings (SSSR count). The third-order valence-corrected chi connectivity index (χ3v) is 3.92. The van der Waals surface area contributed by atoms with Gasteiger partial charge in [0, 0.05) is 0 Å². The first-order chi connectivity index (χ1) is 13.3. The number of fused-ring (bicyclic) bond motifs is 1. The highest BCUT2D eigenvalue weighted by Gasteiger charge is 2.07. The van der Waals surface area contributed by atoms with E-state index < -0.39 is 0 Å². The van der Waals surface area contributed by atoms with Gasteiger partial charge in [-0.25, -0.2) is 0 Å². The first-order valence-electron chi connectivity index (χ1n) is 8.99. The summed E-state index contributed by atoms with van der Waals surface area (Å²) in [5.74, 6) is 1.77. The van der Waals surface area contributed by atoms with Gasteiger partial charge in [-0.2, -0.15) is 0 Å². The van der Waals surface area contributed by atoms with Crippen LogP contribution in [0.4, 0.5) is 0 Å². The van der Waals surface area contributed by atoms with E-state index >= 15 is 0 Å². The van der Waals surface area contributed by atoms with Gasteiger partial charge in [0.15, 0.2) is 18.1 Å². The van der Waals surface area contributed by atoms with Gasteiger partial charge in [0.25, 0.3) is 5.91 Å². The summed E-state index contributed by atoms with van der Waals surface area (Å²) in [4.78, 5) is 11.9. The fourth-order valence-corrected chi connectivity index (χ4v) is 2.66. The molecule has 0 saturated heterocycles. The van der Waals surface area contributed by atoms with Gasteiger partial charge in [0.05, 0.1) is 13.2 Å². The molecule has 0 heterocycles. The van der Waals surface area contributed by atoms with Crippen molar-refractivity contribution in [3.05, 3.63) is 66.7 Å². The fraction of sp³-hybridized carbons (Fsp3) is 0.227. The summed E-state index contributed by atoms with van der Waals surface area (Å²) in [5, 5.41) is 5.08. The summed E-state index contributed by atoms with van der Waals surface area (Å²) >= 11 is 0. The zero-order chi connectivity index (χ0) is 18.9. The second-order valence-corrected chi connectivity index (χ2v) is 5.88. The topological polar surface area (TPSA) is 56.8 Å². The molecule has 0 aliphatic heterocycles. The van der Waals surface area contributed by atoms with E-state index in [0.29, 0.717) is 31.3 Å². The van der Waals surface area contributed by atoms with Gasteiger partial charge in [-0.1, -0.05) is 42.5 Å². The van der Waals surface area contributed by atoms with Crippen LogP contribution in [-0.2, 0) is 4.79 Å². The van der Waals surface area contributed by atoms with Crippen LogP contribution in [0.3, 0.4) is 0 Å². The maximum atomic E-state index is 11.9. The van der Waals surface area contributed by atoms with Crippen molar-refractivity contribution in [3.8, 4) is 17.2 Å². The number of nitrogens with one attached hydrogen (secondary N) is 1. The molecule has 0 aliphatic rings. The molecular weight excluding hydrogens is 342 g/mol. The largest absolute Gasteiger partial charge is 0.492 e. The summed E-state index contributed by atoms with van der Waals surface area (Å²) in [6.45, 7) is 3.17. The van der Waals surface area contributed by atoms with Crippen LogP contribution in [0.1, 0.15) is 6.92 Å². The van der Waals surface area contributed by atoms with Gasteiger partial charge in [0.2, 0.25) is 0 Å². The van der Waals surface area contributed by atoms with Crippen molar-refractivity contribution in [1.29, 1.82) is 0 Å². The molecule has 1 N–H and O–H groups in total. The van der Waals surface area contributed by atoms with Crippen molar-refractivity contribution in [2.24, 2.45) is 0 Å². The molecule has 3 aromatic rings. The zero-order valence-corrected chi connectivity index (χ0v) is 15.3. The van der Waals surface area contributed by atoms with E-state index in [9.17, 15) is 4.79 Å². The molecule has 0 radical (unpaired) electrons. The first-order valence-corrected chi connectivity index (χ1v) is 8.99. The van der Waals surface area contributed by atoms with E-state index in [0.717, 1.165) is 11.1 Å². The van der Waals surface area contributed by atoms with Crippen LogP contribution in [0.25, 0.3) is 10.8 Å². The van der Waals surface area contributed by atoms with Crippen LogP contribution in [-0.4, -0.2) is 32.3 Å². The van der Waals surface area contributed by atoms with Crippen LogP contribution in [0.5, 0.6) is 17.2 Å². The summed E-state index contributed by atoms with van der Waals surface area (Å²) in [6.07, 6.45) is 0. The average molecular weight is 365 g/mol. The first kappa shape index (κ1) is 18.6. The Balaban J connectivity index is 1.40.